The molecule has 0 radical (unpaired) electrons. The van der Waals surface area contributed by atoms with E-state index in [-0.39, 0.29) is 0 Å². The second-order valence-corrected chi connectivity index (χ2v) is 3.56. The van der Waals surface area contributed by atoms with Crippen LogP contribution in [0.4, 0.5) is 0 Å². The van der Waals surface area contributed by atoms with Gasteiger partial charge in [0.15, 0.2) is 6.29 Å². The highest BCUT2D eigenvalue weighted by atomic mass is 79.9. The van der Waals surface area contributed by atoms with Gasteiger partial charge in [0, 0.05) is 6.20 Å². The summed E-state index contributed by atoms with van der Waals surface area (Å²) in [6, 6.07) is 3.61. The van der Waals surface area contributed by atoms with Gasteiger partial charge in [0.05, 0.1) is 26.7 Å². The smallest absolute Gasteiger partial charge is 0.168 e. The fraction of sp³-hybridized carbons (Fsp3) is 0. The highest BCUT2D eigenvalue weighted by Gasteiger charge is 2.13. The Hall–Kier alpha value is -0.870. The van der Waals surface area contributed by atoms with Gasteiger partial charge in [-0.05, 0) is 12.1 Å². The number of fused-ring (bicyclic) bond motifs is 1. The van der Waals surface area contributed by atoms with Crippen molar-refractivity contribution >= 4 is 45.1 Å². The van der Waals surface area contributed by atoms with Crippen LogP contribution < -0.4 is 0 Å². The summed E-state index contributed by atoms with van der Waals surface area (Å²) in [7, 11) is 0. The molecule has 2 aromatic rings. The molecule has 3 nitrogen and oxygen atoms in total. The van der Waals surface area contributed by atoms with E-state index in [1.54, 1.807) is 15.9 Å². The van der Waals surface area contributed by atoms with Gasteiger partial charge in [0.1, 0.15) is 11.2 Å². The second-order valence-electron chi connectivity index (χ2n) is 2.47. The van der Waals surface area contributed by atoms with Crippen molar-refractivity contribution in [3.8, 4) is 0 Å². The lowest BCUT2D eigenvalue weighted by molar-refractivity contribution is 0.111. The lowest BCUT2D eigenvalue weighted by atomic mass is 10.4. The van der Waals surface area contributed by atoms with Gasteiger partial charge in [0.2, 0.25) is 0 Å². The average Bonchev–Trinajstić information content (AvgIpc) is 2.41. The van der Waals surface area contributed by atoms with Gasteiger partial charge < -0.3 is 0 Å². The van der Waals surface area contributed by atoms with Gasteiger partial charge in [-0.1, -0.05) is 11.6 Å². The molecule has 66 valence electrons. The standard InChI is InChI=1S/C8H4BrClN2O/c9-12-5-2-1-3-11-8(5)7(10)6(12)4-13/h1-4H. The van der Waals surface area contributed by atoms with E-state index in [1.807, 2.05) is 6.07 Å². The summed E-state index contributed by atoms with van der Waals surface area (Å²) in [6.45, 7) is 0. The molecule has 2 heterocycles. The molecule has 0 aliphatic heterocycles. The molecule has 0 amide bonds. The zero-order chi connectivity index (χ0) is 9.42. The average molecular weight is 259 g/mol. The fourth-order valence-electron chi connectivity index (χ4n) is 1.16. The third-order valence-electron chi connectivity index (χ3n) is 1.75. The van der Waals surface area contributed by atoms with Crippen molar-refractivity contribution in [1.82, 2.24) is 8.58 Å². The van der Waals surface area contributed by atoms with Crippen molar-refractivity contribution in [2.75, 3.05) is 0 Å². The number of pyridine rings is 1. The summed E-state index contributed by atoms with van der Waals surface area (Å²) in [5.41, 5.74) is 1.80. The first-order valence-corrected chi connectivity index (χ1v) is 4.60. The Morgan fingerprint density at radius 3 is 3.00 bits per heavy atom. The van der Waals surface area contributed by atoms with Crippen molar-refractivity contribution in [3.63, 3.8) is 0 Å². The van der Waals surface area contributed by atoms with Crippen molar-refractivity contribution in [2.45, 2.75) is 0 Å². The molecular weight excluding hydrogens is 255 g/mol. The molecule has 0 unspecified atom stereocenters. The normalized spacial score (nSPS) is 10.6. The number of hydrogen-bond acceptors (Lipinski definition) is 2. The molecule has 0 aromatic carbocycles. The van der Waals surface area contributed by atoms with E-state index in [4.69, 9.17) is 11.6 Å². The van der Waals surface area contributed by atoms with E-state index >= 15 is 0 Å². The summed E-state index contributed by atoms with van der Waals surface area (Å²) < 4.78 is 1.55. The van der Waals surface area contributed by atoms with E-state index < -0.39 is 0 Å². The summed E-state index contributed by atoms with van der Waals surface area (Å²) in [5, 5.41) is 0.377. The van der Waals surface area contributed by atoms with Crippen LogP contribution in [-0.4, -0.2) is 14.9 Å². The van der Waals surface area contributed by atoms with Gasteiger partial charge in [-0.15, -0.1) is 0 Å². The summed E-state index contributed by atoms with van der Waals surface area (Å²) in [5.74, 6) is 0. The predicted molar refractivity (Wildman–Crippen MR) is 54.5 cm³/mol. The maximum Gasteiger partial charge on any atom is 0.168 e. The van der Waals surface area contributed by atoms with Gasteiger partial charge in [-0.25, -0.2) is 0 Å². The lowest BCUT2D eigenvalue weighted by Crippen LogP contribution is -1.86. The number of halogens is 2. The number of nitrogens with zero attached hydrogens (tertiary/aromatic N) is 2. The third kappa shape index (κ3) is 1.17. The Labute approximate surface area is 87.7 Å². The lowest BCUT2D eigenvalue weighted by Gasteiger charge is -1.91. The van der Waals surface area contributed by atoms with Crippen LogP contribution in [0.1, 0.15) is 10.5 Å². The van der Waals surface area contributed by atoms with E-state index in [2.05, 4.69) is 21.1 Å². The number of aldehydes is 1. The van der Waals surface area contributed by atoms with Crippen LogP contribution in [0, 0.1) is 0 Å². The Bertz CT molecular complexity index is 441. The Morgan fingerprint density at radius 2 is 2.38 bits per heavy atom. The molecule has 2 aromatic heterocycles. The Kier molecular flexibility index (Phi) is 2.09. The van der Waals surface area contributed by atoms with Crippen molar-refractivity contribution in [2.24, 2.45) is 0 Å². The first-order chi connectivity index (χ1) is 6.25. The molecule has 13 heavy (non-hydrogen) atoms. The van der Waals surface area contributed by atoms with Gasteiger partial charge in [-0.3, -0.25) is 13.4 Å². The van der Waals surface area contributed by atoms with Crippen LogP contribution in [0.2, 0.25) is 5.02 Å². The molecular formula is C8H4BrClN2O. The minimum Gasteiger partial charge on any atom is -0.296 e. The maximum absolute atomic E-state index is 10.7. The predicted octanol–water partition coefficient (Wildman–Crippen LogP) is 2.66. The number of hydrogen-bond donors (Lipinski definition) is 0. The summed E-state index contributed by atoms with van der Waals surface area (Å²) in [4.78, 5) is 14.7. The zero-order valence-electron chi connectivity index (χ0n) is 6.37. The molecule has 0 N–H and O–H groups in total. The van der Waals surface area contributed by atoms with Crippen LogP contribution in [0.5, 0.6) is 0 Å². The van der Waals surface area contributed by atoms with Crippen LogP contribution >= 0.6 is 27.7 Å². The molecule has 0 spiro atoms. The highest BCUT2D eigenvalue weighted by Crippen LogP contribution is 2.28. The van der Waals surface area contributed by atoms with E-state index in [9.17, 15) is 4.79 Å². The molecule has 0 saturated carbocycles. The highest BCUT2D eigenvalue weighted by molar-refractivity contribution is 9.08. The van der Waals surface area contributed by atoms with Crippen molar-refractivity contribution < 1.29 is 4.79 Å². The zero-order valence-corrected chi connectivity index (χ0v) is 8.71. The van der Waals surface area contributed by atoms with Crippen LogP contribution in [0.15, 0.2) is 18.3 Å². The maximum atomic E-state index is 10.7. The number of carbonyl (C=O) groups excluding carboxylic acids is 1. The molecule has 0 saturated heterocycles. The molecule has 5 heteroatoms. The van der Waals surface area contributed by atoms with E-state index in [0.29, 0.717) is 22.5 Å². The quantitative estimate of drug-likeness (QED) is 0.738. The molecule has 2 rings (SSSR count). The fourth-order valence-corrected chi connectivity index (χ4v) is 2.08. The van der Waals surface area contributed by atoms with Crippen molar-refractivity contribution in [1.29, 1.82) is 0 Å². The number of carbonyl (C=O) groups is 1. The minimum atomic E-state index is 0.377. The first-order valence-electron chi connectivity index (χ1n) is 3.52. The molecule has 0 fully saturated rings. The Balaban J connectivity index is 2.96. The summed E-state index contributed by atoms with van der Waals surface area (Å²) >= 11 is 9.14. The third-order valence-corrected chi connectivity index (χ3v) is 2.89. The second kappa shape index (κ2) is 3.12. The van der Waals surface area contributed by atoms with E-state index in [1.165, 1.54) is 0 Å². The SMILES string of the molecule is O=Cc1c(Cl)c2ncccc2n1Br. The summed E-state index contributed by atoms with van der Waals surface area (Å²) in [6.07, 6.45) is 2.33. The van der Waals surface area contributed by atoms with Gasteiger partial charge >= 0.3 is 0 Å². The molecule has 0 atom stereocenters. The van der Waals surface area contributed by atoms with Crippen molar-refractivity contribution in [3.05, 3.63) is 29.0 Å². The topological polar surface area (TPSA) is 34.9 Å². The van der Waals surface area contributed by atoms with Crippen LogP contribution in [0.3, 0.4) is 0 Å². The number of aromatic nitrogens is 2. The van der Waals surface area contributed by atoms with Crippen LogP contribution in [0.25, 0.3) is 11.0 Å². The van der Waals surface area contributed by atoms with Crippen LogP contribution in [-0.2, 0) is 0 Å². The largest absolute Gasteiger partial charge is 0.296 e. The monoisotopic (exact) mass is 258 g/mol. The molecule has 0 aliphatic carbocycles. The minimum absolute atomic E-state index is 0.377. The number of rotatable bonds is 1. The van der Waals surface area contributed by atoms with Gasteiger partial charge in [-0.2, -0.15) is 0 Å². The molecule has 0 aliphatic rings. The molecule has 0 bridgehead atoms. The van der Waals surface area contributed by atoms with Gasteiger partial charge in [0.25, 0.3) is 0 Å². The first kappa shape index (κ1) is 8.72. The van der Waals surface area contributed by atoms with E-state index in [0.717, 1.165) is 5.52 Å². The Morgan fingerprint density at radius 1 is 1.62 bits per heavy atom.